The Morgan fingerprint density at radius 2 is 1.50 bits per heavy atom. The number of aliphatic carboxylic acids is 1. The van der Waals surface area contributed by atoms with E-state index in [0.29, 0.717) is 24.1 Å². The van der Waals surface area contributed by atoms with Crippen LogP contribution in [0.25, 0.3) is 0 Å². The molecule has 2 atom stereocenters. The fourth-order valence-corrected chi connectivity index (χ4v) is 3.22. The summed E-state index contributed by atoms with van der Waals surface area (Å²) >= 11 is 0. The van der Waals surface area contributed by atoms with Gasteiger partial charge in [0.25, 0.3) is 0 Å². The number of anilines is 1. The average Bonchev–Trinajstić information content (AvgIpc) is 2.78. The molecule has 1 aliphatic carbocycles. The van der Waals surface area contributed by atoms with Gasteiger partial charge in [-0.25, -0.2) is 4.79 Å². The van der Waals surface area contributed by atoms with Crippen LogP contribution >= 0.6 is 0 Å². The Kier molecular flexibility index (Phi) is 6.75. The van der Waals surface area contributed by atoms with Crippen LogP contribution in [0.4, 0.5) is 5.69 Å². The van der Waals surface area contributed by atoms with Gasteiger partial charge in [-0.1, -0.05) is 42.5 Å². The number of nitrogens with one attached hydrogen (secondary N) is 1. The number of benzene rings is 2. The van der Waals surface area contributed by atoms with Crippen molar-refractivity contribution in [3.63, 3.8) is 0 Å². The maximum Gasteiger partial charge on any atom is 0.338 e. The highest BCUT2D eigenvalue weighted by molar-refractivity contribution is 5.99. The molecule has 0 saturated carbocycles. The first kappa shape index (κ1) is 21.0. The fraction of sp³-hybridized carbons (Fsp3) is 0.217. The van der Waals surface area contributed by atoms with E-state index in [-0.39, 0.29) is 23.9 Å². The lowest BCUT2D eigenvalue weighted by atomic mass is 9.82. The van der Waals surface area contributed by atoms with E-state index in [4.69, 9.17) is 4.74 Å². The monoisotopic (exact) mass is 407 g/mol. The summed E-state index contributed by atoms with van der Waals surface area (Å²) in [4.78, 5) is 48.0. The standard InChI is InChI=1S/C23H21NO6/c25-20(15-6-2-1-3-7-15)14-30-23(29)16-10-12-17(13-11-16)24-21(26)18-8-4-5-9-19(18)22(27)28/h1-7,10-13,18-19H,8-9,14H2,(H,24,26)(H,27,28)/t18-,19-/m0/s1. The van der Waals surface area contributed by atoms with Crippen molar-refractivity contribution in [3.05, 3.63) is 77.9 Å². The molecular weight excluding hydrogens is 386 g/mol. The molecule has 2 aromatic rings. The van der Waals surface area contributed by atoms with E-state index < -0.39 is 23.8 Å². The quantitative estimate of drug-likeness (QED) is 0.414. The Morgan fingerprint density at radius 1 is 0.867 bits per heavy atom. The Labute approximate surface area is 173 Å². The molecular formula is C23H21NO6. The third kappa shape index (κ3) is 5.20. The van der Waals surface area contributed by atoms with Crippen molar-refractivity contribution < 1.29 is 29.0 Å². The number of carboxylic acid groups (broad SMARTS) is 1. The molecule has 0 aliphatic heterocycles. The predicted octanol–water partition coefficient (Wildman–Crippen LogP) is 3.33. The molecule has 7 heteroatoms. The van der Waals surface area contributed by atoms with Crippen molar-refractivity contribution in [1.82, 2.24) is 0 Å². The van der Waals surface area contributed by atoms with Gasteiger partial charge in [0.2, 0.25) is 5.91 Å². The highest BCUT2D eigenvalue weighted by Gasteiger charge is 2.33. The molecule has 0 saturated heterocycles. The first-order chi connectivity index (χ1) is 14.5. The number of ketones is 1. The van der Waals surface area contributed by atoms with E-state index in [1.165, 1.54) is 24.3 Å². The van der Waals surface area contributed by atoms with Crippen LogP contribution in [0.5, 0.6) is 0 Å². The molecule has 0 spiro atoms. The molecule has 0 unspecified atom stereocenters. The first-order valence-electron chi connectivity index (χ1n) is 9.50. The second-order valence-electron chi connectivity index (χ2n) is 6.93. The van der Waals surface area contributed by atoms with Crippen LogP contribution in [-0.2, 0) is 14.3 Å². The number of carboxylic acids is 1. The number of Topliss-reactive ketones (excluding diaryl/α,β-unsaturated/α-hetero) is 1. The topological polar surface area (TPSA) is 110 Å². The zero-order valence-corrected chi connectivity index (χ0v) is 16.1. The van der Waals surface area contributed by atoms with Crippen LogP contribution in [-0.4, -0.2) is 35.3 Å². The summed E-state index contributed by atoms with van der Waals surface area (Å²) in [6.07, 6.45) is 4.26. The van der Waals surface area contributed by atoms with Gasteiger partial charge in [-0.15, -0.1) is 0 Å². The van der Waals surface area contributed by atoms with E-state index in [1.807, 2.05) is 0 Å². The van der Waals surface area contributed by atoms with Crippen molar-refractivity contribution in [2.75, 3.05) is 11.9 Å². The van der Waals surface area contributed by atoms with Crippen LogP contribution < -0.4 is 5.32 Å². The van der Waals surface area contributed by atoms with Crippen LogP contribution in [0, 0.1) is 11.8 Å². The summed E-state index contributed by atoms with van der Waals surface area (Å²) in [5, 5.41) is 12.0. The molecule has 2 aromatic carbocycles. The molecule has 7 nitrogen and oxygen atoms in total. The molecule has 0 radical (unpaired) electrons. The van der Waals surface area contributed by atoms with Gasteiger partial charge in [0.15, 0.2) is 12.4 Å². The molecule has 30 heavy (non-hydrogen) atoms. The zero-order valence-electron chi connectivity index (χ0n) is 16.1. The molecule has 0 heterocycles. The molecule has 154 valence electrons. The summed E-state index contributed by atoms with van der Waals surface area (Å²) in [5.74, 6) is -3.74. The van der Waals surface area contributed by atoms with Crippen LogP contribution in [0.3, 0.4) is 0 Å². The lowest BCUT2D eigenvalue weighted by Crippen LogP contribution is -2.34. The van der Waals surface area contributed by atoms with Gasteiger partial charge in [0.1, 0.15) is 0 Å². The Bertz CT molecular complexity index is 965. The minimum atomic E-state index is -0.998. The number of allylic oxidation sites excluding steroid dienone is 2. The second-order valence-corrected chi connectivity index (χ2v) is 6.93. The van der Waals surface area contributed by atoms with Gasteiger partial charge in [-0.2, -0.15) is 0 Å². The lowest BCUT2D eigenvalue weighted by molar-refractivity contribution is -0.146. The Hall–Kier alpha value is -3.74. The van der Waals surface area contributed by atoms with E-state index in [0.717, 1.165) is 0 Å². The molecule has 2 N–H and O–H groups in total. The largest absolute Gasteiger partial charge is 0.481 e. The number of hydrogen-bond donors (Lipinski definition) is 2. The normalized spacial score (nSPS) is 17.7. The number of carbonyl (C=O) groups is 4. The summed E-state index contributed by atoms with van der Waals surface area (Å²) in [5.41, 5.74) is 1.13. The minimum absolute atomic E-state index is 0.234. The van der Waals surface area contributed by atoms with Crippen molar-refractivity contribution in [3.8, 4) is 0 Å². The number of rotatable bonds is 7. The minimum Gasteiger partial charge on any atom is -0.481 e. The summed E-state index contributed by atoms with van der Waals surface area (Å²) in [7, 11) is 0. The number of ether oxygens (including phenoxy) is 1. The number of amides is 1. The molecule has 1 amide bonds. The number of esters is 1. The van der Waals surface area contributed by atoms with Crippen molar-refractivity contribution in [1.29, 1.82) is 0 Å². The summed E-state index contributed by atoms with van der Waals surface area (Å²) in [6.45, 7) is -0.368. The van der Waals surface area contributed by atoms with E-state index >= 15 is 0 Å². The third-order valence-electron chi connectivity index (χ3n) is 4.90. The van der Waals surface area contributed by atoms with Crippen LogP contribution in [0.15, 0.2) is 66.7 Å². The van der Waals surface area contributed by atoms with Gasteiger partial charge < -0.3 is 15.2 Å². The maximum absolute atomic E-state index is 12.5. The van der Waals surface area contributed by atoms with Gasteiger partial charge in [-0.05, 0) is 37.1 Å². The van der Waals surface area contributed by atoms with Gasteiger partial charge >= 0.3 is 11.9 Å². The van der Waals surface area contributed by atoms with Crippen LogP contribution in [0.2, 0.25) is 0 Å². The van der Waals surface area contributed by atoms with Gasteiger partial charge in [0.05, 0.1) is 17.4 Å². The zero-order chi connectivity index (χ0) is 21.5. The van der Waals surface area contributed by atoms with Crippen molar-refractivity contribution >= 4 is 29.3 Å². The molecule has 1 aliphatic rings. The van der Waals surface area contributed by atoms with Gasteiger partial charge in [0, 0.05) is 11.3 Å². The SMILES string of the molecule is O=C(COC(=O)c1ccc(NC(=O)[C@H]2CC=CC[C@@H]2C(=O)O)cc1)c1ccccc1. The lowest BCUT2D eigenvalue weighted by Gasteiger charge is -2.24. The van der Waals surface area contributed by atoms with E-state index in [9.17, 15) is 24.3 Å². The molecule has 0 fully saturated rings. The fourth-order valence-electron chi connectivity index (χ4n) is 3.22. The molecule has 3 rings (SSSR count). The summed E-state index contributed by atoms with van der Waals surface area (Å²) in [6, 6.07) is 14.5. The average molecular weight is 407 g/mol. The Morgan fingerprint density at radius 3 is 2.13 bits per heavy atom. The van der Waals surface area contributed by atoms with Gasteiger partial charge in [-0.3, -0.25) is 14.4 Å². The summed E-state index contributed by atoms with van der Waals surface area (Å²) < 4.78 is 5.05. The smallest absolute Gasteiger partial charge is 0.338 e. The van der Waals surface area contributed by atoms with Crippen LogP contribution in [0.1, 0.15) is 33.6 Å². The number of carbonyl (C=O) groups excluding carboxylic acids is 3. The third-order valence-corrected chi connectivity index (χ3v) is 4.90. The number of hydrogen-bond acceptors (Lipinski definition) is 5. The highest BCUT2D eigenvalue weighted by Crippen LogP contribution is 2.27. The second kappa shape index (κ2) is 9.65. The maximum atomic E-state index is 12.5. The predicted molar refractivity (Wildman–Crippen MR) is 109 cm³/mol. The highest BCUT2D eigenvalue weighted by atomic mass is 16.5. The van der Waals surface area contributed by atoms with Crippen molar-refractivity contribution in [2.45, 2.75) is 12.8 Å². The van der Waals surface area contributed by atoms with E-state index in [1.54, 1.807) is 42.5 Å². The molecule has 0 bridgehead atoms. The first-order valence-corrected chi connectivity index (χ1v) is 9.50. The van der Waals surface area contributed by atoms with Crippen molar-refractivity contribution in [2.24, 2.45) is 11.8 Å². The van der Waals surface area contributed by atoms with E-state index in [2.05, 4.69) is 5.32 Å². The Balaban J connectivity index is 1.56. The molecule has 0 aromatic heterocycles.